The molecule has 1 aliphatic carbocycles. The van der Waals surface area contributed by atoms with Crippen LogP contribution in [0.5, 0.6) is 5.88 Å². The third-order valence-electron chi connectivity index (χ3n) is 3.66. The van der Waals surface area contributed by atoms with Gasteiger partial charge in [0.25, 0.3) is 11.4 Å². The quantitative estimate of drug-likeness (QED) is 0.436. The summed E-state index contributed by atoms with van der Waals surface area (Å²) < 4.78 is 5.56. The third-order valence-corrected chi connectivity index (χ3v) is 3.66. The number of hydrogen-bond acceptors (Lipinski definition) is 9. The molecule has 142 valence electrons. The lowest BCUT2D eigenvalue weighted by atomic mass is 10.0. The molecule has 1 aliphatic rings. The van der Waals surface area contributed by atoms with Crippen molar-refractivity contribution in [1.29, 1.82) is 0 Å². The molecule has 0 spiro atoms. The molecule has 0 unspecified atom stereocenters. The number of nitro groups is 2. The van der Waals surface area contributed by atoms with Gasteiger partial charge in [0, 0.05) is 30.3 Å². The van der Waals surface area contributed by atoms with E-state index in [2.05, 4.69) is 20.5 Å². The van der Waals surface area contributed by atoms with E-state index in [0.717, 1.165) is 12.4 Å². The highest BCUT2D eigenvalue weighted by atomic mass is 16.6. The third kappa shape index (κ3) is 4.94. The van der Waals surface area contributed by atoms with E-state index in [-0.39, 0.29) is 23.2 Å². The molecule has 2 heterocycles. The first-order chi connectivity index (χ1) is 13.5. The summed E-state index contributed by atoms with van der Waals surface area (Å²) in [5.74, 6) is 1.27. The zero-order valence-corrected chi connectivity index (χ0v) is 14.3. The molecule has 1 atom stereocenters. The van der Waals surface area contributed by atoms with Crippen LogP contribution in [-0.4, -0.2) is 26.0 Å². The van der Waals surface area contributed by atoms with Gasteiger partial charge in [0.05, 0.1) is 9.85 Å². The molecular weight excluding hydrogens is 368 g/mol. The van der Waals surface area contributed by atoms with E-state index >= 15 is 0 Å². The van der Waals surface area contributed by atoms with Crippen molar-refractivity contribution >= 4 is 23.4 Å². The van der Waals surface area contributed by atoms with E-state index in [0.29, 0.717) is 18.0 Å². The molecule has 0 saturated heterocycles. The molecule has 0 bridgehead atoms. The van der Waals surface area contributed by atoms with Crippen LogP contribution in [0.2, 0.25) is 0 Å². The first-order valence-corrected chi connectivity index (χ1v) is 8.07. The molecule has 0 saturated carbocycles. The van der Waals surface area contributed by atoms with Crippen LogP contribution in [0.15, 0.2) is 65.7 Å². The van der Waals surface area contributed by atoms with E-state index < -0.39 is 9.85 Å². The van der Waals surface area contributed by atoms with Crippen LogP contribution in [-0.2, 0) is 0 Å². The summed E-state index contributed by atoms with van der Waals surface area (Å²) in [6.07, 6.45) is 10.1. The largest absolute Gasteiger partial charge is 0.439 e. The first-order valence-electron chi connectivity index (χ1n) is 8.07. The highest BCUT2D eigenvalue weighted by molar-refractivity contribution is 5.65. The van der Waals surface area contributed by atoms with Crippen LogP contribution in [0.4, 0.5) is 17.2 Å². The molecule has 11 nitrogen and oxygen atoms in total. The Bertz CT molecular complexity index is 953. The molecule has 0 fully saturated rings. The van der Waals surface area contributed by atoms with Gasteiger partial charge in [-0.15, -0.1) is 0 Å². The number of ether oxygens (including phenoxy) is 1. The fourth-order valence-corrected chi connectivity index (χ4v) is 2.22. The average molecular weight is 382 g/mol. The smallest absolute Gasteiger partial charge is 0.287 e. The number of aromatic nitrogens is 2. The summed E-state index contributed by atoms with van der Waals surface area (Å²) in [6.45, 7) is 0. The normalized spacial score (nSPS) is 15.9. The van der Waals surface area contributed by atoms with E-state index in [9.17, 15) is 20.2 Å². The summed E-state index contributed by atoms with van der Waals surface area (Å²) in [4.78, 5) is 27.9. The number of anilines is 1. The molecule has 0 aliphatic heterocycles. The van der Waals surface area contributed by atoms with Gasteiger partial charge in [-0.3, -0.25) is 25.7 Å². The van der Waals surface area contributed by atoms with Crippen molar-refractivity contribution in [3.8, 4) is 5.88 Å². The summed E-state index contributed by atoms with van der Waals surface area (Å²) >= 11 is 0. The lowest BCUT2D eigenvalue weighted by Crippen LogP contribution is -2.06. The highest BCUT2D eigenvalue weighted by Crippen LogP contribution is 2.20. The summed E-state index contributed by atoms with van der Waals surface area (Å²) in [7, 11) is 0. The van der Waals surface area contributed by atoms with Crippen LogP contribution in [0.25, 0.3) is 0 Å². The zero-order valence-electron chi connectivity index (χ0n) is 14.3. The monoisotopic (exact) mass is 382 g/mol. The van der Waals surface area contributed by atoms with Gasteiger partial charge < -0.3 is 4.74 Å². The molecule has 0 radical (unpaired) electrons. The van der Waals surface area contributed by atoms with Crippen LogP contribution < -0.4 is 10.2 Å². The SMILES string of the molecule is O=[N+]([O-])c1ccc(N/N=C\[C@H]2C=CC(Oc3ccc([N+](=O)[O-])cn3)=CC2)nc1. The van der Waals surface area contributed by atoms with E-state index in [1.165, 1.54) is 24.3 Å². The van der Waals surface area contributed by atoms with Crippen molar-refractivity contribution in [3.63, 3.8) is 0 Å². The molecule has 3 rings (SSSR count). The highest BCUT2D eigenvalue weighted by Gasteiger charge is 2.10. The van der Waals surface area contributed by atoms with Gasteiger partial charge >= 0.3 is 0 Å². The average Bonchev–Trinajstić information content (AvgIpc) is 2.70. The summed E-state index contributed by atoms with van der Waals surface area (Å²) in [6, 6.07) is 5.56. The van der Waals surface area contributed by atoms with Crippen LogP contribution in [0.1, 0.15) is 6.42 Å². The fraction of sp³-hybridized carbons (Fsp3) is 0.118. The molecule has 2 aromatic rings. The number of nitrogens with zero attached hydrogens (tertiary/aromatic N) is 5. The van der Waals surface area contributed by atoms with Crippen molar-refractivity contribution in [3.05, 3.63) is 80.9 Å². The number of hydrazone groups is 1. The van der Waals surface area contributed by atoms with Gasteiger partial charge in [-0.05, 0) is 24.6 Å². The first kappa shape index (κ1) is 18.6. The van der Waals surface area contributed by atoms with Crippen LogP contribution >= 0.6 is 0 Å². The van der Waals surface area contributed by atoms with Crippen molar-refractivity contribution in [2.45, 2.75) is 6.42 Å². The number of allylic oxidation sites excluding steroid dienone is 3. The minimum atomic E-state index is -0.527. The predicted molar refractivity (Wildman–Crippen MR) is 99.9 cm³/mol. The molecule has 2 aromatic heterocycles. The van der Waals surface area contributed by atoms with Gasteiger partial charge in [-0.2, -0.15) is 5.10 Å². The minimum Gasteiger partial charge on any atom is -0.439 e. The minimum absolute atomic E-state index is 0.0303. The van der Waals surface area contributed by atoms with Gasteiger partial charge in [0.1, 0.15) is 24.0 Å². The van der Waals surface area contributed by atoms with Crippen LogP contribution in [0, 0.1) is 26.1 Å². The second kappa shape index (κ2) is 8.49. The number of hydrogen-bond donors (Lipinski definition) is 1. The lowest BCUT2D eigenvalue weighted by molar-refractivity contribution is -0.385. The zero-order chi connectivity index (χ0) is 19.9. The van der Waals surface area contributed by atoms with Crippen molar-refractivity contribution in [1.82, 2.24) is 9.97 Å². The number of pyridine rings is 2. The second-order valence-corrected chi connectivity index (χ2v) is 5.63. The van der Waals surface area contributed by atoms with E-state index in [1.807, 2.05) is 12.2 Å². The number of nitrogens with one attached hydrogen (secondary N) is 1. The molecular formula is C17H14N6O5. The van der Waals surface area contributed by atoms with Gasteiger partial charge in [0.15, 0.2) is 0 Å². The Morgan fingerprint density at radius 3 is 2.36 bits per heavy atom. The molecule has 1 N–H and O–H groups in total. The fourth-order valence-electron chi connectivity index (χ4n) is 2.22. The molecule has 0 amide bonds. The van der Waals surface area contributed by atoms with E-state index in [4.69, 9.17) is 4.74 Å². The summed E-state index contributed by atoms with van der Waals surface area (Å²) in [5.41, 5.74) is 2.51. The Hall–Kier alpha value is -4.15. The summed E-state index contributed by atoms with van der Waals surface area (Å²) in [5, 5.41) is 25.3. The topological polar surface area (TPSA) is 146 Å². The van der Waals surface area contributed by atoms with Crippen LogP contribution in [0.3, 0.4) is 0 Å². The standard InChI is InChI=1S/C17H14N6O5/c24-22(25)13-3-7-16(18-10-13)21-20-9-12-1-5-15(6-2-12)28-17-8-4-14(11-19-17)23(26)27/h1,3-12H,2H2,(H,18,21)/b20-9-/t12-/m0/s1. The van der Waals surface area contributed by atoms with Crippen molar-refractivity contribution in [2.75, 3.05) is 5.43 Å². The molecule has 28 heavy (non-hydrogen) atoms. The number of rotatable bonds is 7. The lowest BCUT2D eigenvalue weighted by Gasteiger charge is -2.12. The van der Waals surface area contributed by atoms with Crippen molar-refractivity contribution in [2.24, 2.45) is 11.0 Å². The van der Waals surface area contributed by atoms with Crippen molar-refractivity contribution < 1.29 is 14.6 Å². The molecule has 0 aromatic carbocycles. The predicted octanol–water partition coefficient (Wildman–Crippen LogP) is 3.23. The van der Waals surface area contributed by atoms with Gasteiger partial charge in [-0.25, -0.2) is 9.97 Å². The maximum atomic E-state index is 10.6. The Balaban J connectivity index is 1.49. The Morgan fingerprint density at radius 1 is 1.11 bits per heavy atom. The molecule has 11 heteroatoms. The maximum absolute atomic E-state index is 10.6. The van der Waals surface area contributed by atoms with Gasteiger partial charge in [-0.1, -0.05) is 6.08 Å². The van der Waals surface area contributed by atoms with E-state index in [1.54, 1.807) is 12.3 Å². The second-order valence-electron chi connectivity index (χ2n) is 5.63. The van der Waals surface area contributed by atoms with Gasteiger partial charge in [0.2, 0.25) is 5.88 Å². The maximum Gasteiger partial charge on any atom is 0.287 e. The Kier molecular flexibility index (Phi) is 5.65. The Morgan fingerprint density at radius 2 is 1.82 bits per heavy atom. The Labute approximate surface area is 158 Å².